The minimum absolute atomic E-state index is 0.0172. The van der Waals surface area contributed by atoms with Crippen molar-refractivity contribution in [1.29, 1.82) is 0 Å². The molecule has 2 N–H and O–H groups in total. The summed E-state index contributed by atoms with van der Waals surface area (Å²) in [5.74, 6) is -0.238. The first-order chi connectivity index (χ1) is 9.06. The molecule has 1 unspecified atom stereocenters. The fourth-order valence-corrected chi connectivity index (χ4v) is 1.92. The number of benzene rings is 1. The van der Waals surface area contributed by atoms with Crippen LogP contribution in [0.1, 0.15) is 25.3 Å². The Labute approximate surface area is 119 Å². The van der Waals surface area contributed by atoms with Gasteiger partial charge >= 0.3 is 5.97 Å². The second kappa shape index (κ2) is 7.74. The third-order valence-electron chi connectivity index (χ3n) is 2.86. The number of carbonyl (C=O) groups is 1. The molecule has 5 heteroatoms. The minimum Gasteiger partial charge on any atom is -0.469 e. The van der Waals surface area contributed by atoms with Gasteiger partial charge in [-0.05, 0) is 37.2 Å². The predicted molar refractivity (Wildman–Crippen MR) is 81.2 cm³/mol. The zero-order valence-corrected chi connectivity index (χ0v) is 12.3. The number of methoxy groups -OCH3 is 1. The van der Waals surface area contributed by atoms with Crippen molar-refractivity contribution < 1.29 is 9.53 Å². The van der Waals surface area contributed by atoms with Crippen molar-refractivity contribution in [2.24, 2.45) is 0 Å². The fraction of sp³-hybridized carbons (Fsp3) is 0.429. The van der Waals surface area contributed by atoms with Crippen LogP contribution < -0.4 is 10.6 Å². The fourth-order valence-electron chi connectivity index (χ4n) is 1.64. The summed E-state index contributed by atoms with van der Waals surface area (Å²) in [4.78, 5) is 11.2. The molecule has 104 valence electrons. The van der Waals surface area contributed by atoms with Crippen LogP contribution >= 0.6 is 12.2 Å². The maximum absolute atomic E-state index is 11.2. The van der Waals surface area contributed by atoms with Gasteiger partial charge in [0.25, 0.3) is 0 Å². The summed E-state index contributed by atoms with van der Waals surface area (Å²) < 4.78 is 4.66. The second-order valence-electron chi connectivity index (χ2n) is 4.30. The van der Waals surface area contributed by atoms with Crippen LogP contribution in [-0.4, -0.2) is 24.2 Å². The number of para-hydroxylation sites is 1. The number of hydrogen-bond donors (Lipinski definition) is 2. The highest BCUT2D eigenvalue weighted by molar-refractivity contribution is 7.80. The molecule has 0 bridgehead atoms. The third-order valence-corrected chi connectivity index (χ3v) is 3.08. The Morgan fingerprint density at radius 2 is 2.11 bits per heavy atom. The van der Waals surface area contributed by atoms with Gasteiger partial charge in [0, 0.05) is 11.7 Å². The molecule has 0 fully saturated rings. The van der Waals surface area contributed by atoms with Gasteiger partial charge in [0.1, 0.15) is 0 Å². The predicted octanol–water partition coefficient (Wildman–Crippen LogP) is 2.62. The van der Waals surface area contributed by atoms with Gasteiger partial charge < -0.3 is 15.4 Å². The number of aryl methyl sites for hydroxylation is 1. The Hall–Kier alpha value is -1.62. The van der Waals surface area contributed by atoms with Crippen molar-refractivity contribution in [2.75, 3.05) is 12.4 Å². The highest BCUT2D eigenvalue weighted by Gasteiger charge is 2.13. The molecule has 0 aliphatic rings. The molecule has 0 aromatic heterocycles. The lowest BCUT2D eigenvalue weighted by molar-refractivity contribution is -0.141. The van der Waals surface area contributed by atoms with E-state index in [-0.39, 0.29) is 12.0 Å². The molecule has 0 aliphatic heterocycles. The van der Waals surface area contributed by atoms with E-state index < -0.39 is 0 Å². The highest BCUT2D eigenvalue weighted by atomic mass is 32.1. The molecule has 1 aromatic rings. The summed E-state index contributed by atoms with van der Waals surface area (Å²) in [5, 5.41) is 6.78. The molecular formula is C14H20N2O2S. The Bertz CT molecular complexity index is 449. The van der Waals surface area contributed by atoms with Crippen molar-refractivity contribution in [2.45, 2.75) is 32.7 Å². The monoisotopic (exact) mass is 280 g/mol. The molecule has 0 heterocycles. The number of rotatable bonds is 5. The molecule has 1 rings (SSSR count). The van der Waals surface area contributed by atoms with Crippen LogP contribution in [0.25, 0.3) is 0 Å². The standard InChI is InChI=1S/C14H20N2O2S/c1-4-11(9-13(17)18-3)15-14(19)16-12-8-6-5-7-10(12)2/h5-8,11H,4,9H2,1-3H3,(H2,15,16,19). The average Bonchev–Trinajstić information content (AvgIpc) is 2.40. The maximum Gasteiger partial charge on any atom is 0.307 e. The number of nitrogens with one attached hydrogen (secondary N) is 2. The summed E-state index contributed by atoms with van der Waals surface area (Å²) in [6.07, 6.45) is 1.10. The summed E-state index contributed by atoms with van der Waals surface area (Å²) in [7, 11) is 1.39. The molecule has 0 saturated heterocycles. The Balaban J connectivity index is 2.54. The van der Waals surface area contributed by atoms with Crippen LogP contribution in [0, 0.1) is 6.92 Å². The van der Waals surface area contributed by atoms with E-state index in [0.29, 0.717) is 11.5 Å². The van der Waals surface area contributed by atoms with E-state index in [0.717, 1.165) is 17.7 Å². The quantitative estimate of drug-likeness (QED) is 0.641. The van der Waals surface area contributed by atoms with Crippen LogP contribution in [-0.2, 0) is 9.53 Å². The van der Waals surface area contributed by atoms with Gasteiger partial charge in [-0.2, -0.15) is 0 Å². The zero-order valence-electron chi connectivity index (χ0n) is 11.5. The first-order valence-electron chi connectivity index (χ1n) is 6.26. The average molecular weight is 280 g/mol. The Kier molecular flexibility index (Phi) is 6.29. The van der Waals surface area contributed by atoms with Crippen molar-refractivity contribution in [3.63, 3.8) is 0 Å². The molecule has 19 heavy (non-hydrogen) atoms. The summed E-state index contributed by atoms with van der Waals surface area (Å²) in [6, 6.07) is 7.88. The molecular weight excluding hydrogens is 260 g/mol. The normalized spacial score (nSPS) is 11.5. The van der Waals surface area contributed by atoms with Crippen molar-refractivity contribution >= 4 is 29.0 Å². The Morgan fingerprint density at radius 3 is 2.68 bits per heavy atom. The van der Waals surface area contributed by atoms with Gasteiger partial charge in [0.2, 0.25) is 0 Å². The van der Waals surface area contributed by atoms with Gasteiger partial charge in [-0.15, -0.1) is 0 Å². The van der Waals surface area contributed by atoms with Crippen molar-refractivity contribution in [1.82, 2.24) is 5.32 Å². The lowest BCUT2D eigenvalue weighted by atomic mass is 10.1. The third kappa shape index (κ3) is 5.26. The topological polar surface area (TPSA) is 50.4 Å². The first kappa shape index (κ1) is 15.4. The van der Waals surface area contributed by atoms with Crippen molar-refractivity contribution in [3.8, 4) is 0 Å². The largest absolute Gasteiger partial charge is 0.469 e. The highest BCUT2D eigenvalue weighted by Crippen LogP contribution is 2.13. The minimum atomic E-state index is -0.238. The van der Waals surface area contributed by atoms with E-state index in [1.54, 1.807) is 0 Å². The van der Waals surface area contributed by atoms with E-state index in [1.807, 2.05) is 38.1 Å². The SMILES string of the molecule is CCC(CC(=O)OC)NC(=S)Nc1ccccc1C. The number of ether oxygens (including phenoxy) is 1. The Morgan fingerprint density at radius 1 is 1.42 bits per heavy atom. The maximum atomic E-state index is 11.2. The molecule has 0 radical (unpaired) electrons. The lowest BCUT2D eigenvalue weighted by Crippen LogP contribution is -2.39. The summed E-state index contributed by atoms with van der Waals surface area (Å²) in [6.45, 7) is 4.01. The van der Waals surface area contributed by atoms with E-state index in [2.05, 4.69) is 15.4 Å². The van der Waals surface area contributed by atoms with Gasteiger partial charge in [0.05, 0.1) is 13.5 Å². The van der Waals surface area contributed by atoms with Gasteiger partial charge in [0.15, 0.2) is 5.11 Å². The number of esters is 1. The van der Waals surface area contributed by atoms with Gasteiger partial charge in [-0.1, -0.05) is 25.1 Å². The smallest absolute Gasteiger partial charge is 0.307 e. The molecule has 0 amide bonds. The van der Waals surface area contributed by atoms with Crippen LogP contribution in [0.2, 0.25) is 0 Å². The zero-order chi connectivity index (χ0) is 14.3. The van der Waals surface area contributed by atoms with Gasteiger partial charge in [-0.3, -0.25) is 4.79 Å². The van der Waals surface area contributed by atoms with Crippen LogP contribution in [0.4, 0.5) is 5.69 Å². The molecule has 0 aliphatic carbocycles. The molecule has 1 aromatic carbocycles. The number of carbonyl (C=O) groups excluding carboxylic acids is 1. The molecule has 0 saturated carbocycles. The van der Waals surface area contributed by atoms with Gasteiger partial charge in [-0.25, -0.2) is 0 Å². The second-order valence-corrected chi connectivity index (χ2v) is 4.71. The lowest BCUT2D eigenvalue weighted by Gasteiger charge is -2.19. The number of hydrogen-bond acceptors (Lipinski definition) is 3. The van der Waals surface area contributed by atoms with Crippen LogP contribution in [0.5, 0.6) is 0 Å². The van der Waals surface area contributed by atoms with Crippen LogP contribution in [0.15, 0.2) is 24.3 Å². The number of thiocarbonyl (C=S) groups is 1. The first-order valence-corrected chi connectivity index (χ1v) is 6.67. The van der Waals surface area contributed by atoms with Crippen LogP contribution in [0.3, 0.4) is 0 Å². The van der Waals surface area contributed by atoms with E-state index in [1.165, 1.54) is 7.11 Å². The van der Waals surface area contributed by atoms with E-state index in [4.69, 9.17) is 12.2 Å². The molecule has 4 nitrogen and oxygen atoms in total. The van der Waals surface area contributed by atoms with E-state index >= 15 is 0 Å². The van der Waals surface area contributed by atoms with E-state index in [9.17, 15) is 4.79 Å². The molecule has 1 atom stereocenters. The molecule has 0 spiro atoms. The summed E-state index contributed by atoms with van der Waals surface area (Å²) >= 11 is 5.25. The number of anilines is 1. The summed E-state index contributed by atoms with van der Waals surface area (Å²) in [5.41, 5.74) is 2.08. The van der Waals surface area contributed by atoms with Crippen molar-refractivity contribution in [3.05, 3.63) is 29.8 Å².